The summed E-state index contributed by atoms with van der Waals surface area (Å²) in [6.45, 7) is 0. The first-order valence-corrected chi connectivity index (χ1v) is 17.0. The zero-order valence-electron chi connectivity index (χ0n) is 27.4. The molecule has 8 aromatic carbocycles. The minimum atomic E-state index is -0.366. The summed E-state index contributed by atoms with van der Waals surface area (Å²) in [4.78, 5) is 10.4. The van der Waals surface area contributed by atoms with Gasteiger partial charge in [0, 0.05) is 11.1 Å². The van der Waals surface area contributed by atoms with Crippen LogP contribution in [0.3, 0.4) is 0 Å². The summed E-state index contributed by atoms with van der Waals surface area (Å²) in [5.74, 6) is 1.50. The Labute approximate surface area is 292 Å². The number of nitrogens with one attached hydrogen (secondary N) is 1. The lowest BCUT2D eigenvalue weighted by Crippen LogP contribution is -2.33. The highest BCUT2D eigenvalue weighted by Crippen LogP contribution is 2.37. The van der Waals surface area contributed by atoms with E-state index in [1.807, 2.05) is 24.3 Å². The molecule has 50 heavy (non-hydrogen) atoms. The number of hydrogen-bond acceptors (Lipinski definition) is 3. The van der Waals surface area contributed by atoms with Crippen LogP contribution in [0.4, 0.5) is 0 Å². The molecule has 9 rings (SSSR count). The molecule has 0 aliphatic carbocycles. The van der Waals surface area contributed by atoms with E-state index in [0.29, 0.717) is 5.84 Å². The van der Waals surface area contributed by atoms with Gasteiger partial charge in [0.2, 0.25) is 0 Å². The number of fused-ring (bicyclic) bond motifs is 2. The lowest BCUT2D eigenvalue weighted by Gasteiger charge is -2.25. The zero-order chi connectivity index (χ0) is 33.3. The summed E-state index contributed by atoms with van der Waals surface area (Å²) in [6.07, 6.45) is -0.366. The third-order valence-electron chi connectivity index (χ3n) is 9.51. The molecule has 8 aromatic rings. The summed E-state index contributed by atoms with van der Waals surface area (Å²) < 4.78 is 0. The Balaban J connectivity index is 1.21. The van der Waals surface area contributed by atoms with Crippen LogP contribution in [0.1, 0.15) is 22.9 Å². The Morgan fingerprint density at radius 2 is 0.860 bits per heavy atom. The fourth-order valence-electron chi connectivity index (χ4n) is 7.01. The van der Waals surface area contributed by atoms with Crippen molar-refractivity contribution in [3.63, 3.8) is 0 Å². The van der Waals surface area contributed by atoms with Crippen molar-refractivity contribution >= 4 is 33.2 Å². The molecule has 1 atom stereocenters. The summed E-state index contributed by atoms with van der Waals surface area (Å²) in [5.41, 5.74) is 10.1. The molecule has 1 heterocycles. The maximum Gasteiger partial charge on any atom is 0.159 e. The van der Waals surface area contributed by atoms with Crippen LogP contribution in [0.25, 0.3) is 54.9 Å². The molecule has 0 radical (unpaired) electrons. The molecule has 1 aliphatic heterocycles. The van der Waals surface area contributed by atoms with Gasteiger partial charge in [-0.25, -0.2) is 9.98 Å². The van der Waals surface area contributed by atoms with Crippen LogP contribution in [0, 0.1) is 0 Å². The molecular weight excluding hydrogens is 607 g/mol. The van der Waals surface area contributed by atoms with Crippen molar-refractivity contribution in [2.75, 3.05) is 0 Å². The Hall–Kier alpha value is -6.58. The highest BCUT2D eigenvalue weighted by molar-refractivity contribution is 6.13. The molecule has 0 saturated carbocycles. The van der Waals surface area contributed by atoms with E-state index in [2.05, 4.69) is 169 Å². The van der Waals surface area contributed by atoms with E-state index in [0.717, 1.165) is 33.7 Å². The van der Waals surface area contributed by atoms with Gasteiger partial charge in [-0.3, -0.25) is 0 Å². The van der Waals surface area contributed by atoms with Gasteiger partial charge in [-0.15, -0.1) is 0 Å². The topological polar surface area (TPSA) is 36.8 Å². The van der Waals surface area contributed by atoms with Crippen molar-refractivity contribution in [2.45, 2.75) is 6.17 Å². The fourth-order valence-corrected chi connectivity index (χ4v) is 7.01. The number of rotatable bonds is 6. The van der Waals surface area contributed by atoms with Gasteiger partial charge in [0.25, 0.3) is 0 Å². The molecule has 1 N–H and O–H groups in total. The second-order valence-electron chi connectivity index (χ2n) is 12.7. The Morgan fingerprint density at radius 1 is 0.380 bits per heavy atom. The first-order valence-electron chi connectivity index (χ1n) is 17.0. The maximum atomic E-state index is 5.28. The SMILES string of the molecule is c1ccc(C2=NC(c3cc(-c4cccc5ccccc45)cc(-c4cccc5ccccc45)c3)NC(c3ccc(-c4ccccc4)cc3)=N2)cc1. The van der Waals surface area contributed by atoms with E-state index in [1.165, 1.54) is 43.8 Å². The van der Waals surface area contributed by atoms with Gasteiger partial charge in [-0.2, -0.15) is 0 Å². The third-order valence-corrected chi connectivity index (χ3v) is 9.51. The number of hydrogen-bond donors (Lipinski definition) is 1. The van der Waals surface area contributed by atoms with E-state index >= 15 is 0 Å². The molecule has 1 unspecified atom stereocenters. The fraction of sp³-hybridized carbons (Fsp3) is 0.0213. The van der Waals surface area contributed by atoms with Crippen LogP contribution in [0.5, 0.6) is 0 Å². The van der Waals surface area contributed by atoms with Gasteiger partial charge in [0.05, 0.1) is 0 Å². The molecule has 0 fully saturated rings. The van der Waals surface area contributed by atoms with Gasteiger partial charge >= 0.3 is 0 Å². The van der Waals surface area contributed by atoms with E-state index in [-0.39, 0.29) is 6.17 Å². The first kappa shape index (κ1) is 29.6. The molecule has 0 spiro atoms. The summed E-state index contributed by atoms with van der Waals surface area (Å²) in [6, 6.07) is 66.6. The number of nitrogens with zero attached hydrogens (tertiary/aromatic N) is 2. The van der Waals surface area contributed by atoms with Crippen molar-refractivity contribution in [2.24, 2.45) is 9.98 Å². The van der Waals surface area contributed by atoms with Crippen LogP contribution in [0.2, 0.25) is 0 Å². The van der Waals surface area contributed by atoms with Gasteiger partial charge < -0.3 is 5.32 Å². The predicted molar refractivity (Wildman–Crippen MR) is 210 cm³/mol. The molecule has 0 saturated heterocycles. The van der Waals surface area contributed by atoms with E-state index < -0.39 is 0 Å². The van der Waals surface area contributed by atoms with Crippen molar-refractivity contribution in [1.82, 2.24) is 5.32 Å². The molecule has 236 valence electrons. The summed E-state index contributed by atoms with van der Waals surface area (Å²) in [5, 5.41) is 8.62. The molecule has 0 aromatic heterocycles. The Kier molecular flexibility index (Phi) is 7.56. The van der Waals surface area contributed by atoms with Gasteiger partial charge in [0.1, 0.15) is 12.0 Å². The average Bonchev–Trinajstić information content (AvgIpc) is 3.21. The molecule has 3 heteroatoms. The van der Waals surface area contributed by atoms with Crippen molar-refractivity contribution in [3.05, 3.63) is 205 Å². The molecular formula is C47H33N3. The normalized spacial score (nSPS) is 14.2. The van der Waals surface area contributed by atoms with Gasteiger partial charge in [-0.1, -0.05) is 170 Å². The predicted octanol–water partition coefficient (Wildman–Crippen LogP) is 11.5. The first-order chi connectivity index (χ1) is 24.8. The van der Waals surface area contributed by atoms with E-state index in [9.17, 15) is 0 Å². The quantitative estimate of drug-likeness (QED) is 0.193. The minimum absolute atomic E-state index is 0.366. The Bertz CT molecular complexity index is 2440. The van der Waals surface area contributed by atoms with Crippen LogP contribution in [-0.4, -0.2) is 11.7 Å². The lowest BCUT2D eigenvalue weighted by atomic mass is 9.90. The summed E-state index contributed by atoms with van der Waals surface area (Å²) in [7, 11) is 0. The zero-order valence-corrected chi connectivity index (χ0v) is 27.4. The average molecular weight is 640 g/mol. The largest absolute Gasteiger partial charge is 0.344 e. The molecule has 0 amide bonds. The Morgan fingerprint density at radius 3 is 1.46 bits per heavy atom. The second kappa shape index (κ2) is 12.8. The minimum Gasteiger partial charge on any atom is -0.344 e. The van der Waals surface area contributed by atoms with Gasteiger partial charge in [-0.05, 0) is 78.7 Å². The smallest absolute Gasteiger partial charge is 0.159 e. The highest BCUT2D eigenvalue weighted by Gasteiger charge is 2.23. The number of aliphatic imine (C=N–C) groups is 2. The highest BCUT2D eigenvalue weighted by atomic mass is 15.2. The summed E-state index contributed by atoms with van der Waals surface area (Å²) >= 11 is 0. The van der Waals surface area contributed by atoms with Crippen molar-refractivity contribution < 1.29 is 0 Å². The second-order valence-corrected chi connectivity index (χ2v) is 12.7. The number of amidine groups is 2. The van der Waals surface area contributed by atoms with Crippen molar-refractivity contribution in [1.29, 1.82) is 0 Å². The molecule has 1 aliphatic rings. The van der Waals surface area contributed by atoms with E-state index in [4.69, 9.17) is 9.98 Å². The van der Waals surface area contributed by atoms with Crippen LogP contribution < -0.4 is 5.32 Å². The van der Waals surface area contributed by atoms with Crippen molar-refractivity contribution in [3.8, 4) is 33.4 Å². The lowest BCUT2D eigenvalue weighted by molar-refractivity contribution is 0.675. The standard InChI is InChI=1S/C47H33N3/c1-3-13-32(14-4-1)33-25-27-37(28-26-33)46-48-45(36-17-5-2-6-18-36)49-47(50-46)40-30-38(43-23-11-19-34-15-7-9-21-41(34)43)29-39(31-40)44-24-12-20-35-16-8-10-22-42(35)44/h1-31,47H,(H,48,49,50). The molecule has 3 nitrogen and oxygen atoms in total. The van der Waals surface area contributed by atoms with E-state index in [1.54, 1.807) is 0 Å². The third kappa shape index (κ3) is 5.65. The van der Waals surface area contributed by atoms with Crippen LogP contribution in [0.15, 0.2) is 198 Å². The van der Waals surface area contributed by atoms with Gasteiger partial charge in [0.15, 0.2) is 5.84 Å². The molecule has 0 bridgehead atoms. The van der Waals surface area contributed by atoms with Crippen LogP contribution in [-0.2, 0) is 0 Å². The maximum absolute atomic E-state index is 5.28. The monoisotopic (exact) mass is 639 g/mol. The number of benzene rings is 8. The van der Waals surface area contributed by atoms with Crippen LogP contribution >= 0.6 is 0 Å².